The van der Waals surface area contributed by atoms with Crippen molar-refractivity contribution in [1.29, 1.82) is 0 Å². The molecule has 4 aliphatic heterocycles. The third kappa shape index (κ3) is 6.89. The summed E-state index contributed by atoms with van der Waals surface area (Å²) in [6.07, 6.45) is 0. The molecule has 0 aliphatic carbocycles. The lowest BCUT2D eigenvalue weighted by molar-refractivity contribution is -0.0396. The normalized spacial score (nSPS) is 20.2. The van der Waals surface area contributed by atoms with E-state index in [0.717, 1.165) is 120 Å². The highest BCUT2D eigenvalue weighted by molar-refractivity contribution is 5.99. The van der Waals surface area contributed by atoms with Crippen molar-refractivity contribution >= 4 is 33.9 Å². The molecular formula is C46H44N8O5. The van der Waals surface area contributed by atoms with Crippen molar-refractivity contribution in [3.05, 3.63) is 108 Å². The number of rotatable bonds is 6. The smallest absolute Gasteiger partial charge is 0.254 e. The molecule has 4 fully saturated rings. The zero-order valence-corrected chi connectivity index (χ0v) is 32.6. The molecule has 298 valence electrons. The highest BCUT2D eigenvalue weighted by Crippen LogP contribution is 2.32. The van der Waals surface area contributed by atoms with Crippen molar-refractivity contribution in [2.24, 2.45) is 0 Å². The molecule has 7 heterocycles. The number of H-pyrrole nitrogens is 2. The second-order valence-corrected chi connectivity index (χ2v) is 16.0. The van der Waals surface area contributed by atoms with Gasteiger partial charge in [-0.1, -0.05) is 48.5 Å². The van der Waals surface area contributed by atoms with E-state index in [1.165, 1.54) is 0 Å². The van der Waals surface area contributed by atoms with Gasteiger partial charge in [-0.2, -0.15) is 0 Å². The van der Waals surface area contributed by atoms with Crippen LogP contribution in [0, 0.1) is 0 Å². The van der Waals surface area contributed by atoms with Crippen LogP contribution in [0.25, 0.3) is 67.5 Å². The molecule has 2 atom stereocenters. The van der Waals surface area contributed by atoms with Crippen LogP contribution in [0.15, 0.2) is 101 Å². The number of fused-ring (bicyclic) bond motifs is 4. The first-order valence-electron chi connectivity index (χ1n) is 20.5. The first-order valence-corrected chi connectivity index (χ1v) is 20.5. The Morgan fingerprint density at radius 2 is 0.966 bits per heavy atom. The molecule has 2 unspecified atom stereocenters. The van der Waals surface area contributed by atoms with Gasteiger partial charge in [0.05, 0.1) is 60.6 Å². The molecule has 3 aromatic heterocycles. The van der Waals surface area contributed by atoms with E-state index in [1.807, 2.05) is 107 Å². The minimum atomic E-state index is 0.0433. The number of aromatic amines is 2. The summed E-state index contributed by atoms with van der Waals surface area (Å²) in [5.41, 5.74) is 8.40. The number of piperazine rings is 2. The summed E-state index contributed by atoms with van der Waals surface area (Å²) < 4.78 is 17.7. The first-order chi connectivity index (χ1) is 29.0. The van der Waals surface area contributed by atoms with Crippen molar-refractivity contribution < 1.29 is 23.5 Å². The second-order valence-electron chi connectivity index (χ2n) is 16.0. The summed E-state index contributed by atoms with van der Waals surface area (Å²) in [6.45, 7) is 9.35. The molecule has 4 aromatic carbocycles. The summed E-state index contributed by atoms with van der Waals surface area (Å²) >= 11 is 0. The summed E-state index contributed by atoms with van der Waals surface area (Å²) in [5, 5.41) is 0. The van der Waals surface area contributed by atoms with E-state index in [4.69, 9.17) is 23.9 Å². The number of furan rings is 1. The number of hydrogen-bond acceptors (Lipinski definition) is 9. The Hall–Kier alpha value is -6.12. The number of ether oxygens (including phenoxy) is 2. The van der Waals surface area contributed by atoms with Crippen molar-refractivity contribution in [3.8, 4) is 45.4 Å². The molecule has 0 saturated carbocycles. The van der Waals surface area contributed by atoms with E-state index < -0.39 is 0 Å². The Morgan fingerprint density at radius 1 is 0.525 bits per heavy atom. The predicted molar refractivity (Wildman–Crippen MR) is 224 cm³/mol. The lowest BCUT2D eigenvalue weighted by Gasteiger charge is -2.43. The van der Waals surface area contributed by atoms with Gasteiger partial charge in [-0.05, 0) is 48.5 Å². The summed E-state index contributed by atoms with van der Waals surface area (Å²) in [6, 6.07) is 32.1. The van der Waals surface area contributed by atoms with Crippen molar-refractivity contribution in [2.45, 2.75) is 12.1 Å². The Balaban J connectivity index is 0.746. The number of carbonyl (C=O) groups excluding carboxylic acids is 2. The van der Waals surface area contributed by atoms with E-state index >= 15 is 0 Å². The van der Waals surface area contributed by atoms with Gasteiger partial charge in [0, 0.05) is 85.7 Å². The summed E-state index contributed by atoms with van der Waals surface area (Å²) in [4.78, 5) is 52.2. The molecule has 0 bridgehead atoms. The van der Waals surface area contributed by atoms with E-state index in [-0.39, 0.29) is 23.9 Å². The maximum Gasteiger partial charge on any atom is 0.254 e. The quantitative estimate of drug-likeness (QED) is 0.208. The number of imidazole rings is 2. The predicted octanol–water partition coefficient (Wildman–Crippen LogP) is 6.01. The standard InChI is InChI=1S/C46H44N8O5/c55-45(53-17-15-51-19-21-57-27-35(51)25-53)33-9-11-37-39(23-33)49-43(47-37)31-5-1-29(2-6-31)41-13-14-42(59-41)30-3-7-32(8-4-30)44-48-38-12-10-34(24-40(38)50-44)46(56)54-18-16-52-20-22-58-28-36(52)26-54/h1-14,23-24,35-36H,15-22,25-28H2,(H,47,49)(H,48,50). The van der Waals surface area contributed by atoms with Crippen LogP contribution in [0.4, 0.5) is 0 Å². The highest BCUT2D eigenvalue weighted by Gasteiger charge is 2.33. The topological polar surface area (TPSA) is 136 Å². The molecule has 7 aromatic rings. The van der Waals surface area contributed by atoms with Crippen molar-refractivity contribution in [1.82, 2.24) is 39.5 Å². The minimum Gasteiger partial charge on any atom is -0.456 e. The number of carbonyl (C=O) groups is 2. The fraction of sp³-hybridized carbons (Fsp3) is 0.304. The van der Waals surface area contributed by atoms with Crippen LogP contribution in [0.5, 0.6) is 0 Å². The van der Waals surface area contributed by atoms with Gasteiger partial charge in [-0.25, -0.2) is 9.97 Å². The molecule has 13 nitrogen and oxygen atoms in total. The van der Waals surface area contributed by atoms with Gasteiger partial charge in [-0.3, -0.25) is 19.4 Å². The van der Waals surface area contributed by atoms with Gasteiger partial charge in [0.25, 0.3) is 11.8 Å². The number of nitrogens with one attached hydrogen (secondary N) is 2. The molecule has 59 heavy (non-hydrogen) atoms. The Bertz CT molecular complexity index is 2500. The molecule has 2 amide bonds. The summed E-state index contributed by atoms with van der Waals surface area (Å²) in [5.74, 6) is 3.10. The van der Waals surface area contributed by atoms with Crippen LogP contribution in [0.3, 0.4) is 0 Å². The second kappa shape index (κ2) is 14.9. The Morgan fingerprint density at radius 3 is 1.42 bits per heavy atom. The minimum absolute atomic E-state index is 0.0433. The van der Waals surface area contributed by atoms with Crippen LogP contribution in [-0.4, -0.2) is 142 Å². The number of hydrogen-bond donors (Lipinski definition) is 2. The fourth-order valence-electron chi connectivity index (χ4n) is 9.02. The van der Waals surface area contributed by atoms with Crippen molar-refractivity contribution in [3.63, 3.8) is 0 Å². The van der Waals surface area contributed by atoms with Crippen LogP contribution in [-0.2, 0) is 9.47 Å². The average Bonchev–Trinajstić information content (AvgIpc) is 4.07. The van der Waals surface area contributed by atoms with E-state index in [9.17, 15) is 9.59 Å². The van der Waals surface area contributed by atoms with Crippen LogP contribution in [0.2, 0.25) is 0 Å². The fourth-order valence-corrected chi connectivity index (χ4v) is 9.02. The molecular weight excluding hydrogens is 745 g/mol. The lowest BCUT2D eigenvalue weighted by atomic mass is 10.1. The van der Waals surface area contributed by atoms with Gasteiger partial charge < -0.3 is 33.7 Å². The van der Waals surface area contributed by atoms with E-state index in [0.29, 0.717) is 37.4 Å². The maximum absolute atomic E-state index is 13.5. The van der Waals surface area contributed by atoms with Crippen LogP contribution < -0.4 is 0 Å². The third-order valence-electron chi connectivity index (χ3n) is 12.4. The number of benzene rings is 4. The first kappa shape index (κ1) is 36.0. The van der Waals surface area contributed by atoms with Crippen LogP contribution >= 0.6 is 0 Å². The molecule has 0 spiro atoms. The number of nitrogens with zero attached hydrogens (tertiary/aromatic N) is 6. The van der Waals surface area contributed by atoms with Crippen molar-refractivity contribution in [2.75, 3.05) is 78.8 Å². The van der Waals surface area contributed by atoms with E-state index in [1.54, 1.807) is 0 Å². The molecule has 11 rings (SSSR count). The largest absolute Gasteiger partial charge is 0.456 e. The van der Waals surface area contributed by atoms with Gasteiger partial charge in [-0.15, -0.1) is 0 Å². The lowest BCUT2D eigenvalue weighted by Crippen LogP contribution is -2.59. The molecule has 4 aliphatic rings. The molecule has 2 N–H and O–H groups in total. The van der Waals surface area contributed by atoms with Gasteiger partial charge in [0.15, 0.2) is 0 Å². The highest BCUT2D eigenvalue weighted by atomic mass is 16.5. The number of amides is 2. The van der Waals surface area contributed by atoms with Crippen LogP contribution in [0.1, 0.15) is 20.7 Å². The number of morpholine rings is 2. The zero-order valence-electron chi connectivity index (χ0n) is 32.6. The van der Waals surface area contributed by atoms with E-state index in [2.05, 4.69) is 19.8 Å². The SMILES string of the molecule is O=C(c1ccc2nc(-c3ccc(-c4ccc(-c5ccc(-c6nc7ccc(C(=O)N8CCN9CCOCC9C8)cc7[nH]6)cc5)o4)cc3)[nH]c2c1)N1CCN2CCOCC2C1. The maximum atomic E-state index is 13.5. The molecule has 4 saturated heterocycles. The molecule has 13 heteroatoms. The van der Waals surface area contributed by atoms with Gasteiger partial charge >= 0.3 is 0 Å². The molecule has 0 radical (unpaired) electrons. The van der Waals surface area contributed by atoms with Gasteiger partial charge in [0.1, 0.15) is 23.2 Å². The van der Waals surface area contributed by atoms with Gasteiger partial charge in [0.2, 0.25) is 0 Å². The Kier molecular flexibility index (Phi) is 9.10. The zero-order chi connectivity index (χ0) is 39.5. The Labute approximate surface area is 340 Å². The summed E-state index contributed by atoms with van der Waals surface area (Å²) in [7, 11) is 0. The monoisotopic (exact) mass is 788 g/mol. The average molecular weight is 789 g/mol. The third-order valence-corrected chi connectivity index (χ3v) is 12.4. The number of aromatic nitrogens is 4.